The number of esters is 1. The maximum absolute atomic E-state index is 11.7. The zero-order valence-electron chi connectivity index (χ0n) is 9.84. The Kier molecular flexibility index (Phi) is 4.15. The van der Waals surface area contributed by atoms with Crippen LogP contribution in [0.4, 0.5) is 0 Å². The van der Waals surface area contributed by atoms with Crippen LogP contribution in [0.2, 0.25) is 0 Å². The third kappa shape index (κ3) is 3.30. The lowest BCUT2D eigenvalue weighted by atomic mass is 9.87. The molecule has 2 unspecified atom stereocenters. The molecule has 1 fully saturated rings. The number of rotatable bonds is 3. The van der Waals surface area contributed by atoms with Gasteiger partial charge in [0.05, 0.1) is 18.3 Å². The second-order valence-corrected chi connectivity index (χ2v) is 4.58. The molecule has 1 aliphatic carbocycles. The first kappa shape index (κ1) is 12.1. The lowest BCUT2D eigenvalue weighted by molar-refractivity contribution is 0.00866. The molecule has 0 bridgehead atoms. The van der Waals surface area contributed by atoms with Crippen LogP contribution in [-0.2, 0) is 4.74 Å². The van der Waals surface area contributed by atoms with E-state index in [-0.39, 0.29) is 18.0 Å². The molecule has 3 heteroatoms. The minimum absolute atomic E-state index is 0.108. The Morgan fingerprint density at radius 1 is 1.24 bits per heavy atom. The lowest BCUT2D eigenvalue weighted by Crippen LogP contribution is -2.29. The topological polar surface area (TPSA) is 46.5 Å². The molecular weight excluding hydrogens is 216 g/mol. The molecule has 0 saturated heterocycles. The Morgan fingerprint density at radius 3 is 2.65 bits per heavy atom. The quantitative estimate of drug-likeness (QED) is 0.817. The highest BCUT2D eigenvalue weighted by molar-refractivity contribution is 5.89. The number of carbonyl (C=O) groups excluding carboxylic acids is 1. The molecule has 1 saturated carbocycles. The number of hydrogen-bond acceptors (Lipinski definition) is 3. The summed E-state index contributed by atoms with van der Waals surface area (Å²) in [6.45, 7) is 0.328. The van der Waals surface area contributed by atoms with Gasteiger partial charge in [-0.25, -0.2) is 4.79 Å². The minimum Gasteiger partial charge on any atom is -0.462 e. The Morgan fingerprint density at radius 2 is 1.94 bits per heavy atom. The predicted octanol–water partition coefficient (Wildman–Crippen LogP) is 2.39. The third-order valence-electron chi connectivity index (χ3n) is 3.31. The second kappa shape index (κ2) is 5.82. The molecule has 0 spiro atoms. The van der Waals surface area contributed by atoms with Gasteiger partial charge in [-0.05, 0) is 25.0 Å². The molecule has 3 nitrogen and oxygen atoms in total. The number of ether oxygens (including phenoxy) is 1. The summed E-state index contributed by atoms with van der Waals surface area (Å²) in [6.07, 6.45) is 3.65. The molecule has 2 rings (SSSR count). The summed E-state index contributed by atoms with van der Waals surface area (Å²) in [4.78, 5) is 11.7. The molecule has 2 atom stereocenters. The summed E-state index contributed by atoms with van der Waals surface area (Å²) in [5.74, 6) is -0.195. The van der Waals surface area contributed by atoms with Gasteiger partial charge in [0.25, 0.3) is 0 Å². The highest BCUT2D eigenvalue weighted by atomic mass is 16.5. The number of carbonyl (C=O) groups is 1. The molecule has 0 amide bonds. The van der Waals surface area contributed by atoms with Gasteiger partial charge in [-0.2, -0.15) is 0 Å². The van der Waals surface area contributed by atoms with Crippen LogP contribution in [0.25, 0.3) is 0 Å². The van der Waals surface area contributed by atoms with Gasteiger partial charge in [0.1, 0.15) is 0 Å². The standard InChI is InChI=1S/C14H18O3/c15-13-9-5-4-8-12(13)10-17-14(16)11-6-2-1-3-7-11/h1-3,6-7,12-13,15H,4-5,8-10H2. The van der Waals surface area contributed by atoms with Crippen molar-refractivity contribution < 1.29 is 14.6 Å². The Balaban J connectivity index is 1.84. The van der Waals surface area contributed by atoms with Gasteiger partial charge < -0.3 is 9.84 Å². The van der Waals surface area contributed by atoms with Crippen LogP contribution < -0.4 is 0 Å². The van der Waals surface area contributed by atoms with Gasteiger partial charge in [0.15, 0.2) is 0 Å². The fourth-order valence-corrected chi connectivity index (χ4v) is 2.22. The van der Waals surface area contributed by atoms with Crippen molar-refractivity contribution in [2.75, 3.05) is 6.61 Å². The monoisotopic (exact) mass is 234 g/mol. The molecular formula is C14H18O3. The summed E-state index contributed by atoms with van der Waals surface area (Å²) in [5.41, 5.74) is 0.567. The van der Waals surface area contributed by atoms with Gasteiger partial charge in [-0.15, -0.1) is 0 Å². The number of aliphatic hydroxyl groups excluding tert-OH is 1. The Bertz CT molecular complexity index is 361. The highest BCUT2D eigenvalue weighted by Crippen LogP contribution is 2.24. The van der Waals surface area contributed by atoms with E-state index in [0.29, 0.717) is 12.2 Å². The van der Waals surface area contributed by atoms with E-state index in [4.69, 9.17) is 4.74 Å². The van der Waals surface area contributed by atoms with Gasteiger partial charge in [-0.3, -0.25) is 0 Å². The van der Waals surface area contributed by atoms with Crippen molar-refractivity contribution >= 4 is 5.97 Å². The lowest BCUT2D eigenvalue weighted by Gasteiger charge is -2.26. The molecule has 0 aromatic heterocycles. The molecule has 1 aromatic rings. The number of aliphatic hydroxyl groups is 1. The smallest absolute Gasteiger partial charge is 0.338 e. The van der Waals surface area contributed by atoms with E-state index in [0.717, 1.165) is 25.7 Å². The Hall–Kier alpha value is -1.35. The Labute approximate surface area is 101 Å². The fourth-order valence-electron chi connectivity index (χ4n) is 2.22. The van der Waals surface area contributed by atoms with Crippen molar-refractivity contribution in [1.82, 2.24) is 0 Å². The maximum atomic E-state index is 11.7. The maximum Gasteiger partial charge on any atom is 0.338 e. The van der Waals surface area contributed by atoms with Crippen LogP contribution in [0.1, 0.15) is 36.0 Å². The normalized spacial score (nSPS) is 24.3. The zero-order valence-corrected chi connectivity index (χ0v) is 9.84. The van der Waals surface area contributed by atoms with E-state index >= 15 is 0 Å². The van der Waals surface area contributed by atoms with Crippen molar-refractivity contribution in [2.45, 2.75) is 31.8 Å². The predicted molar refractivity (Wildman–Crippen MR) is 64.7 cm³/mol. The van der Waals surface area contributed by atoms with Crippen LogP contribution in [-0.4, -0.2) is 23.8 Å². The molecule has 92 valence electrons. The average molecular weight is 234 g/mol. The first-order chi connectivity index (χ1) is 8.27. The van der Waals surface area contributed by atoms with E-state index in [9.17, 15) is 9.90 Å². The molecule has 1 aliphatic rings. The second-order valence-electron chi connectivity index (χ2n) is 4.58. The summed E-state index contributed by atoms with van der Waals surface area (Å²) in [7, 11) is 0. The van der Waals surface area contributed by atoms with Crippen molar-refractivity contribution in [1.29, 1.82) is 0 Å². The summed E-state index contributed by atoms with van der Waals surface area (Å²) < 4.78 is 5.24. The van der Waals surface area contributed by atoms with E-state index in [1.165, 1.54) is 0 Å². The highest BCUT2D eigenvalue weighted by Gasteiger charge is 2.24. The first-order valence-electron chi connectivity index (χ1n) is 6.17. The summed E-state index contributed by atoms with van der Waals surface area (Å²) in [5, 5.41) is 9.76. The summed E-state index contributed by atoms with van der Waals surface area (Å²) in [6, 6.07) is 8.96. The number of benzene rings is 1. The van der Waals surface area contributed by atoms with Crippen LogP contribution >= 0.6 is 0 Å². The van der Waals surface area contributed by atoms with Crippen molar-refractivity contribution in [2.24, 2.45) is 5.92 Å². The van der Waals surface area contributed by atoms with Crippen molar-refractivity contribution in [3.05, 3.63) is 35.9 Å². The van der Waals surface area contributed by atoms with Gasteiger partial charge in [0, 0.05) is 5.92 Å². The van der Waals surface area contributed by atoms with E-state index < -0.39 is 0 Å². The summed E-state index contributed by atoms with van der Waals surface area (Å²) >= 11 is 0. The fraction of sp³-hybridized carbons (Fsp3) is 0.500. The molecule has 0 heterocycles. The number of hydrogen-bond donors (Lipinski definition) is 1. The van der Waals surface area contributed by atoms with Gasteiger partial charge in [-0.1, -0.05) is 31.0 Å². The third-order valence-corrected chi connectivity index (χ3v) is 3.31. The van der Waals surface area contributed by atoms with Crippen LogP contribution in [0, 0.1) is 5.92 Å². The minimum atomic E-state index is -0.313. The van der Waals surface area contributed by atoms with Crippen molar-refractivity contribution in [3.63, 3.8) is 0 Å². The van der Waals surface area contributed by atoms with E-state index in [1.54, 1.807) is 12.1 Å². The molecule has 17 heavy (non-hydrogen) atoms. The zero-order chi connectivity index (χ0) is 12.1. The van der Waals surface area contributed by atoms with E-state index in [1.807, 2.05) is 18.2 Å². The first-order valence-corrected chi connectivity index (χ1v) is 6.17. The van der Waals surface area contributed by atoms with Gasteiger partial charge >= 0.3 is 5.97 Å². The largest absolute Gasteiger partial charge is 0.462 e. The van der Waals surface area contributed by atoms with Gasteiger partial charge in [0.2, 0.25) is 0 Å². The molecule has 1 aromatic carbocycles. The SMILES string of the molecule is O=C(OCC1CCCCC1O)c1ccccc1. The van der Waals surface area contributed by atoms with E-state index in [2.05, 4.69) is 0 Å². The van der Waals surface area contributed by atoms with Crippen molar-refractivity contribution in [3.8, 4) is 0 Å². The molecule has 0 radical (unpaired) electrons. The van der Waals surface area contributed by atoms with Crippen LogP contribution in [0.15, 0.2) is 30.3 Å². The molecule has 0 aliphatic heterocycles. The molecule has 1 N–H and O–H groups in total. The van der Waals surface area contributed by atoms with Crippen LogP contribution in [0.3, 0.4) is 0 Å². The average Bonchev–Trinajstić information content (AvgIpc) is 2.38. The van der Waals surface area contributed by atoms with Crippen LogP contribution in [0.5, 0.6) is 0 Å².